The topological polar surface area (TPSA) is 79.9 Å². The van der Waals surface area contributed by atoms with Crippen molar-refractivity contribution < 1.29 is 13.9 Å². The number of halogens is 1. The average Bonchev–Trinajstić information content (AvgIpc) is 3.41. The molecule has 0 spiro atoms. The predicted octanol–water partition coefficient (Wildman–Crippen LogP) is 3.69. The number of benzene rings is 1. The largest absolute Gasteiger partial charge is 0.381 e. The van der Waals surface area contributed by atoms with Gasteiger partial charge in [-0.25, -0.2) is 9.37 Å². The average molecular weight is 402 g/mol. The molecule has 0 unspecified atom stereocenters. The zero-order chi connectivity index (χ0) is 20.7. The van der Waals surface area contributed by atoms with Crippen LogP contribution in [0.5, 0.6) is 0 Å². The lowest BCUT2D eigenvalue weighted by atomic mass is 9.94. The van der Waals surface area contributed by atoms with Crippen LogP contribution < -0.4 is 5.32 Å². The predicted molar refractivity (Wildman–Crippen MR) is 108 cm³/mol. The number of amides is 1. The van der Waals surface area contributed by atoms with E-state index in [1.165, 1.54) is 17.7 Å². The van der Waals surface area contributed by atoms with Gasteiger partial charge in [0.1, 0.15) is 5.82 Å². The second kappa shape index (κ2) is 7.39. The summed E-state index contributed by atoms with van der Waals surface area (Å²) in [4.78, 5) is 17.0. The van der Waals surface area contributed by atoms with E-state index < -0.39 is 5.82 Å². The molecule has 5 rings (SSSR count). The molecule has 2 aromatic heterocycles. The van der Waals surface area contributed by atoms with Crippen LogP contribution in [-0.2, 0) is 11.3 Å². The van der Waals surface area contributed by atoms with Crippen LogP contribution in [0, 0.1) is 17.1 Å². The first-order chi connectivity index (χ1) is 14.7. The highest BCUT2D eigenvalue weighted by Crippen LogP contribution is 2.33. The number of carbonyl (C=O) groups is 1. The molecule has 150 valence electrons. The van der Waals surface area contributed by atoms with E-state index in [-0.39, 0.29) is 23.6 Å². The van der Waals surface area contributed by atoms with Crippen molar-refractivity contribution in [3.05, 3.63) is 70.9 Å². The summed E-state index contributed by atoms with van der Waals surface area (Å²) in [5.41, 5.74) is 3.57. The maximum absolute atomic E-state index is 14.6. The number of fused-ring (bicyclic) bond motifs is 1. The normalized spacial score (nSPS) is 16.2. The monoisotopic (exact) mass is 402 g/mol. The Bertz CT molecular complexity index is 1190. The number of hydrogen-bond acceptors (Lipinski definition) is 4. The Morgan fingerprint density at radius 3 is 2.87 bits per heavy atom. The van der Waals surface area contributed by atoms with Crippen LogP contribution in [0.2, 0.25) is 0 Å². The molecule has 1 fully saturated rings. The van der Waals surface area contributed by atoms with Gasteiger partial charge in [-0.2, -0.15) is 5.26 Å². The quantitative estimate of drug-likeness (QED) is 0.725. The fourth-order valence-electron chi connectivity index (χ4n) is 4.26. The molecule has 0 aliphatic carbocycles. The number of rotatable bonds is 3. The molecular formula is C23H19FN4O2. The molecule has 1 aromatic carbocycles. The summed E-state index contributed by atoms with van der Waals surface area (Å²) in [6.07, 6.45) is 5.87. The molecular weight excluding hydrogens is 383 g/mol. The summed E-state index contributed by atoms with van der Waals surface area (Å²) in [5, 5.41) is 12.2. The van der Waals surface area contributed by atoms with Crippen molar-refractivity contribution in [3.63, 3.8) is 0 Å². The molecule has 4 heterocycles. The summed E-state index contributed by atoms with van der Waals surface area (Å²) in [6, 6.07) is 10.2. The highest BCUT2D eigenvalue weighted by atomic mass is 19.1. The Morgan fingerprint density at radius 2 is 2.07 bits per heavy atom. The maximum atomic E-state index is 14.6. The van der Waals surface area contributed by atoms with Crippen molar-refractivity contribution in [2.75, 3.05) is 13.2 Å². The molecule has 0 atom stereocenters. The van der Waals surface area contributed by atoms with Crippen molar-refractivity contribution in [1.29, 1.82) is 5.26 Å². The fourth-order valence-corrected chi connectivity index (χ4v) is 4.26. The number of nitrogens with zero attached hydrogens (tertiary/aromatic N) is 3. The van der Waals surface area contributed by atoms with Gasteiger partial charge in [0.05, 0.1) is 46.4 Å². The van der Waals surface area contributed by atoms with Crippen molar-refractivity contribution in [1.82, 2.24) is 14.9 Å². The van der Waals surface area contributed by atoms with Gasteiger partial charge in [-0.15, -0.1) is 0 Å². The van der Waals surface area contributed by atoms with Gasteiger partial charge in [-0.1, -0.05) is 6.07 Å². The molecule has 2 aliphatic heterocycles. The van der Waals surface area contributed by atoms with Gasteiger partial charge in [-0.05, 0) is 48.6 Å². The third kappa shape index (κ3) is 3.06. The van der Waals surface area contributed by atoms with Gasteiger partial charge in [0, 0.05) is 25.6 Å². The highest BCUT2D eigenvalue weighted by Gasteiger charge is 2.28. The summed E-state index contributed by atoms with van der Waals surface area (Å²) in [7, 11) is 0. The Hall–Kier alpha value is -3.50. The molecule has 30 heavy (non-hydrogen) atoms. The van der Waals surface area contributed by atoms with Gasteiger partial charge in [0.15, 0.2) is 0 Å². The maximum Gasteiger partial charge on any atom is 0.255 e. The molecule has 1 N–H and O–H groups in total. The van der Waals surface area contributed by atoms with Crippen LogP contribution in [0.4, 0.5) is 4.39 Å². The van der Waals surface area contributed by atoms with Crippen molar-refractivity contribution in [3.8, 4) is 23.0 Å². The lowest BCUT2D eigenvalue weighted by molar-refractivity contribution is 0.0853. The Balaban J connectivity index is 1.65. The number of nitriles is 1. The van der Waals surface area contributed by atoms with Crippen LogP contribution in [0.15, 0.2) is 42.7 Å². The van der Waals surface area contributed by atoms with Gasteiger partial charge in [0.2, 0.25) is 0 Å². The lowest BCUT2D eigenvalue weighted by Crippen LogP contribution is -2.14. The number of nitrogens with one attached hydrogen (secondary N) is 1. The molecule has 2 aliphatic rings. The standard InChI is InChI=1S/C23H19FN4O2/c24-17-3-1-2-15(11-25)21(17)18-10-20(22-19(27-18)12-26-23(22)29)28-7-4-16(13-28)14-5-8-30-9-6-14/h1-4,7,10,13-14H,5-6,8-9,12H2,(H,26,29). The molecule has 1 saturated heterocycles. The van der Waals surface area contributed by atoms with Crippen LogP contribution in [-0.4, -0.2) is 28.7 Å². The summed E-state index contributed by atoms with van der Waals surface area (Å²) in [5.74, 6) is -0.297. The van der Waals surface area contributed by atoms with Crippen LogP contribution in [0.1, 0.15) is 45.9 Å². The van der Waals surface area contributed by atoms with Gasteiger partial charge in [-0.3, -0.25) is 4.79 Å². The van der Waals surface area contributed by atoms with E-state index in [0.29, 0.717) is 28.6 Å². The minimum absolute atomic E-state index is 0.153. The minimum atomic E-state index is -0.514. The molecule has 0 bridgehead atoms. The number of carbonyl (C=O) groups excluding carboxylic acids is 1. The second-order valence-corrected chi connectivity index (χ2v) is 7.54. The summed E-state index contributed by atoms with van der Waals surface area (Å²) >= 11 is 0. The number of aromatic nitrogens is 2. The minimum Gasteiger partial charge on any atom is -0.381 e. The van der Waals surface area contributed by atoms with Gasteiger partial charge >= 0.3 is 0 Å². The first kappa shape index (κ1) is 18.5. The zero-order valence-electron chi connectivity index (χ0n) is 16.2. The second-order valence-electron chi connectivity index (χ2n) is 7.54. The molecule has 1 amide bonds. The Kier molecular flexibility index (Phi) is 4.57. The first-order valence-electron chi connectivity index (χ1n) is 9.93. The Morgan fingerprint density at radius 1 is 1.23 bits per heavy atom. The van der Waals surface area contributed by atoms with E-state index in [1.54, 1.807) is 12.1 Å². The summed E-state index contributed by atoms with van der Waals surface area (Å²) in [6.45, 7) is 1.77. The number of ether oxygens (including phenoxy) is 1. The van der Waals surface area contributed by atoms with E-state index in [0.717, 1.165) is 26.1 Å². The first-order valence-corrected chi connectivity index (χ1v) is 9.93. The molecule has 0 saturated carbocycles. The third-order valence-electron chi connectivity index (χ3n) is 5.79. The zero-order valence-corrected chi connectivity index (χ0v) is 16.2. The SMILES string of the molecule is N#Cc1cccc(F)c1-c1cc(-n2ccc(C3CCOCC3)c2)c2c(n1)CNC2=O. The van der Waals surface area contributed by atoms with E-state index in [2.05, 4.69) is 16.4 Å². The molecule has 7 heteroatoms. The van der Waals surface area contributed by atoms with Crippen LogP contribution in [0.25, 0.3) is 16.9 Å². The van der Waals surface area contributed by atoms with Crippen LogP contribution in [0.3, 0.4) is 0 Å². The molecule has 0 radical (unpaired) electrons. The molecule has 6 nitrogen and oxygen atoms in total. The van der Waals surface area contributed by atoms with Gasteiger partial charge < -0.3 is 14.6 Å². The van der Waals surface area contributed by atoms with E-state index in [4.69, 9.17) is 4.74 Å². The van der Waals surface area contributed by atoms with Crippen LogP contribution >= 0.6 is 0 Å². The number of hydrogen-bond donors (Lipinski definition) is 1. The van der Waals surface area contributed by atoms with Gasteiger partial charge in [0.25, 0.3) is 5.91 Å². The number of pyridine rings is 1. The van der Waals surface area contributed by atoms with E-state index in [9.17, 15) is 14.4 Å². The van der Waals surface area contributed by atoms with Crippen molar-refractivity contribution in [2.45, 2.75) is 25.3 Å². The van der Waals surface area contributed by atoms with E-state index in [1.807, 2.05) is 23.0 Å². The van der Waals surface area contributed by atoms with Crippen molar-refractivity contribution in [2.24, 2.45) is 0 Å². The fraction of sp³-hybridized carbons (Fsp3) is 0.261. The smallest absolute Gasteiger partial charge is 0.255 e. The lowest BCUT2D eigenvalue weighted by Gasteiger charge is -2.21. The third-order valence-corrected chi connectivity index (χ3v) is 5.79. The summed E-state index contributed by atoms with van der Waals surface area (Å²) < 4.78 is 22.0. The highest BCUT2D eigenvalue weighted by molar-refractivity contribution is 6.01. The Labute approximate surface area is 172 Å². The van der Waals surface area contributed by atoms with E-state index >= 15 is 0 Å². The molecule has 3 aromatic rings. The van der Waals surface area contributed by atoms with Crippen molar-refractivity contribution >= 4 is 5.91 Å².